The Morgan fingerprint density at radius 1 is 0.972 bits per heavy atom. The van der Waals surface area contributed by atoms with Gasteiger partial charge in [0.2, 0.25) is 0 Å². The van der Waals surface area contributed by atoms with Crippen molar-refractivity contribution in [3.63, 3.8) is 0 Å². The van der Waals surface area contributed by atoms with Gasteiger partial charge in [-0.15, -0.1) is 0 Å². The number of anilines is 1. The summed E-state index contributed by atoms with van der Waals surface area (Å²) < 4.78 is 103. The molecule has 1 atom stereocenters. The molecule has 0 radical (unpaired) electrons. The second-order valence-electron chi connectivity index (χ2n) is 9.14. The minimum atomic E-state index is -4.72. The third kappa shape index (κ3) is 4.66. The Kier molecular flexibility index (Phi) is 6.18. The first-order chi connectivity index (χ1) is 17.0. The first-order valence-electron chi connectivity index (χ1n) is 11.5. The van der Waals surface area contributed by atoms with Gasteiger partial charge in [0.1, 0.15) is 23.5 Å². The fraction of sp³-hybridized carbons (Fsp3) is 0.308. The van der Waals surface area contributed by atoms with E-state index in [0.29, 0.717) is 18.4 Å². The van der Waals surface area contributed by atoms with Gasteiger partial charge in [-0.05, 0) is 66.4 Å². The van der Waals surface area contributed by atoms with Gasteiger partial charge >= 0.3 is 6.18 Å². The zero-order valence-corrected chi connectivity index (χ0v) is 19.8. The normalized spacial score (nSPS) is 18.4. The number of rotatable bonds is 5. The van der Waals surface area contributed by atoms with Crippen LogP contribution in [0.2, 0.25) is 0 Å². The van der Waals surface area contributed by atoms with Crippen LogP contribution in [-0.4, -0.2) is 21.1 Å². The van der Waals surface area contributed by atoms with Crippen molar-refractivity contribution in [2.45, 2.75) is 42.9 Å². The van der Waals surface area contributed by atoms with Crippen LogP contribution in [0.5, 0.6) is 5.75 Å². The van der Waals surface area contributed by atoms with Crippen LogP contribution in [0.4, 0.5) is 27.6 Å². The maximum absolute atomic E-state index is 14.5. The highest BCUT2D eigenvalue weighted by atomic mass is 32.2. The van der Waals surface area contributed by atoms with Crippen LogP contribution in [0.25, 0.3) is 11.1 Å². The summed E-state index contributed by atoms with van der Waals surface area (Å²) in [7, 11) is -4.45. The standard InChI is InChI=1S/C26H22F5NO3S/c27-19-8-9-23(28)22(14-19)17-7-10-25-24(12-17)32(15-20(35-25)11-16-3-1-4-16)36(33,34)21-6-2-5-18(13-21)26(29,30)31/h2,5-10,12-14,16,20H,1,3-4,11,15H2. The zero-order chi connectivity index (χ0) is 25.7. The first kappa shape index (κ1) is 24.5. The second-order valence-corrected chi connectivity index (χ2v) is 11.0. The molecular weight excluding hydrogens is 501 g/mol. The van der Waals surface area contributed by atoms with Gasteiger partial charge in [0.15, 0.2) is 0 Å². The van der Waals surface area contributed by atoms with Crippen molar-refractivity contribution in [3.05, 3.63) is 77.9 Å². The molecule has 10 heteroatoms. The van der Waals surface area contributed by atoms with E-state index < -0.39 is 44.4 Å². The Labute approximate surface area is 205 Å². The van der Waals surface area contributed by atoms with Gasteiger partial charge in [-0.1, -0.05) is 31.4 Å². The summed E-state index contributed by atoms with van der Waals surface area (Å²) in [4.78, 5) is -0.519. The number of ether oxygens (including phenoxy) is 1. The predicted octanol–water partition coefficient (Wildman–Crippen LogP) is 6.80. The maximum atomic E-state index is 14.5. The van der Waals surface area contributed by atoms with Gasteiger partial charge in [0, 0.05) is 5.56 Å². The summed E-state index contributed by atoms with van der Waals surface area (Å²) in [5.41, 5.74) is -0.904. The number of fused-ring (bicyclic) bond motifs is 1. The van der Waals surface area contributed by atoms with Crippen molar-refractivity contribution >= 4 is 15.7 Å². The molecule has 4 nitrogen and oxygen atoms in total. The second kappa shape index (κ2) is 9.06. The quantitative estimate of drug-likeness (QED) is 0.346. The van der Waals surface area contributed by atoms with Crippen molar-refractivity contribution < 1.29 is 35.1 Å². The fourth-order valence-electron chi connectivity index (χ4n) is 4.61. The third-order valence-corrected chi connectivity index (χ3v) is 8.48. The number of benzene rings is 3. The lowest BCUT2D eigenvalue weighted by atomic mass is 9.81. The average Bonchev–Trinajstić information content (AvgIpc) is 2.81. The number of nitrogens with zero attached hydrogens (tertiary/aromatic N) is 1. The molecule has 3 aromatic carbocycles. The van der Waals surface area contributed by atoms with Crippen molar-refractivity contribution in [1.29, 1.82) is 0 Å². The van der Waals surface area contributed by atoms with Crippen LogP contribution in [0.1, 0.15) is 31.2 Å². The van der Waals surface area contributed by atoms with Crippen LogP contribution >= 0.6 is 0 Å². The van der Waals surface area contributed by atoms with Crippen molar-refractivity contribution in [1.82, 2.24) is 0 Å². The summed E-state index contributed by atoms with van der Waals surface area (Å²) >= 11 is 0. The molecule has 0 bridgehead atoms. The lowest BCUT2D eigenvalue weighted by Gasteiger charge is -2.38. The molecule has 0 aromatic heterocycles. The molecule has 2 aliphatic rings. The van der Waals surface area contributed by atoms with E-state index in [9.17, 15) is 30.4 Å². The number of sulfonamides is 1. The lowest BCUT2D eigenvalue weighted by molar-refractivity contribution is -0.137. The predicted molar refractivity (Wildman–Crippen MR) is 124 cm³/mol. The molecule has 0 amide bonds. The average molecular weight is 524 g/mol. The van der Waals surface area contributed by atoms with Gasteiger partial charge in [-0.3, -0.25) is 4.31 Å². The van der Waals surface area contributed by atoms with E-state index in [4.69, 9.17) is 4.74 Å². The van der Waals surface area contributed by atoms with Gasteiger partial charge in [-0.2, -0.15) is 13.2 Å². The molecule has 1 heterocycles. The monoisotopic (exact) mass is 523 g/mol. The van der Waals surface area contributed by atoms with E-state index in [0.717, 1.165) is 60.0 Å². The molecule has 0 saturated heterocycles. The molecular formula is C26H22F5NO3S. The third-order valence-electron chi connectivity index (χ3n) is 6.70. The van der Waals surface area contributed by atoms with Crippen LogP contribution in [0.3, 0.4) is 0 Å². The molecule has 36 heavy (non-hydrogen) atoms. The molecule has 1 unspecified atom stereocenters. The molecule has 1 saturated carbocycles. The number of hydrogen-bond donors (Lipinski definition) is 0. The Balaban J connectivity index is 1.60. The van der Waals surface area contributed by atoms with E-state index in [1.54, 1.807) is 0 Å². The number of halogens is 5. The van der Waals surface area contributed by atoms with Crippen molar-refractivity contribution in [2.24, 2.45) is 5.92 Å². The zero-order valence-electron chi connectivity index (χ0n) is 18.9. The summed E-state index contributed by atoms with van der Waals surface area (Å²) in [5.74, 6) is -0.783. The molecule has 1 fully saturated rings. The Bertz CT molecular complexity index is 1400. The van der Waals surface area contributed by atoms with Gasteiger partial charge in [-0.25, -0.2) is 17.2 Å². The summed E-state index contributed by atoms with van der Waals surface area (Å²) in [6, 6.07) is 10.8. The van der Waals surface area contributed by atoms with Gasteiger partial charge < -0.3 is 4.74 Å². The Morgan fingerprint density at radius 3 is 2.44 bits per heavy atom. The van der Waals surface area contributed by atoms with Gasteiger partial charge in [0.05, 0.1) is 22.7 Å². The molecule has 1 aliphatic heterocycles. The fourth-order valence-corrected chi connectivity index (χ4v) is 6.15. The minimum absolute atomic E-state index is 0.0541. The molecule has 0 spiro atoms. The van der Waals surface area contributed by atoms with Gasteiger partial charge in [0.25, 0.3) is 10.0 Å². The topological polar surface area (TPSA) is 46.6 Å². The Morgan fingerprint density at radius 2 is 1.75 bits per heavy atom. The highest BCUT2D eigenvalue weighted by molar-refractivity contribution is 7.92. The minimum Gasteiger partial charge on any atom is -0.486 e. The SMILES string of the molecule is O=S(=O)(c1cccc(C(F)(F)F)c1)N1CC(CC2CCC2)Oc2ccc(-c3cc(F)ccc3F)cc21. The molecule has 1 aliphatic carbocycles. The van der Waals surface area contributed by atoms with E-state index in [1.807, 2.05) is 0 Å². The first-order valence-corrected chi connectivity index (χ1v) is 12.9. The number of hydrogen-bond acceptors (Lipinski definition) is 3. The van der Waals surface area contributed by atoms with E-state index >= 15 is 0 Å². The highest BCUT2D eigenvalue weighted by Crippen LogP contribution is 2.43. The van der Waals surface area contributed by atoms with Crippen LogP contribution < -0.4 is 9.04 Å². The number of alkyl halides is 3. The smallest absolute Gasteiger partial charge is 0.416 e. The van der Waals surface area contributed by atoms with E-state index in [-0.39, 0.29) is 29.1 Å². The summed E-state index contributed by atoms with van der Waals surface area (Å²) in [6.45, 7) is -0.114. The molecule has 5 rings (SSSR count). The van der Waals surface area contributed by atoms with E-state index in [1.165, 1.54) is 18.2 Å². The molecule has 0 N–H and O–H groups in total. The van der Waals surface area contributed by atoms with Crippen molar-refractivity contribution in [3.8, 4) is 16.9 Å². The maximum Gasteiger partial charge on any atom is 0.416 e. The highest BCUT2D eigenvalue weighted by Gasteiger charge is 2.38. The molecule has 190 valence electrons. The van der Waals surface area contributed by atoms with Crippen LogP contribution in [-0.2, 0) is 16.2 Å². The lowest BCUT2D eigenvalue weighted by Crippen LogP contribution is -2.44. The summed E-state index contributed by atoms with van der Waals surface area (Å²) in [5, 5.41) is 0. The summed E-state index contributed by atoms with van der Waals surface area (Å²) in [6.07, 6.45) is -1.52. The molecule has 3 aromatic rings. The van der Waals surface area contributed by atoms with Crippen LogP contribution in [0.15, 0.2) is 65.6 Å². The van der Waals surface area contributed by atoms with Crippen molar-refractivity contribution in [2.75, 3.05) is 10.8 Å². The Hall–Kier alpha value is -3.14. The van der Waals surface area contributed by atoms with Crippen LogP contribution in [0, 0.1) is 17.6 Å². The van der Waals surface area contributed by atoms with E-state index in [2.05, 4.69) is 0 Å². The largest absolute Gasteiger partial charge is 0.486 e.